The van der Waals surface area contributed by atoms with Crippen LogP contribution in [0.2, 0.25) is 0 Å². The van der Waals surface area contributed by atoms with E-state index in [1.807, 2.05) is 0 Å². The second-order valence-electron chi connectivity index (χ2n) is 5.24. The van der Waals surface area contributed by atoms with Gasteiger partial charge in [0.15, 0.2) is 0 Å². The molecule has 3 heteroatoms. The zero-order valence-corrected chi connectivity index (χ0v) is 10.9. The fraction of sp³-hybridized carbons (Fsp3) is 0.923. The lowest BCUT2D eigenvalue weighted by atomic mass is 9.87. The molecule has 1 saturated carbocycles. The Morgan fingerprint density at radius 2 is 2.00 bits per heavy atom. The topological polar surface area (TPSA) is 29.5 Å². The molecule has 0 amide bonds. The van der Waals surface area contributed by atoms with Crippen molar-refractivity contribution in [3.8, 4) is 0 Å². The van der Waals surface area contributed by atoms with Crippen molar-refractivity contribution in [1.82, 2.24) is 4.90 Å². The van der Waals surface area contributed by atoms with Gasteiger partial charge < -0.3 is 9.53 Å². The maximum Gasteiger partial charge on any atom is 0.127 e. The summed E-state index contributed by atoms with van der Waals surface area (Å²) in [4.78, 5) is 13.7. The van der Waals surface area contributed by atoms with Gasteiger partial charge in [0, 0.05) is 31.7 Å². The Bertz CT molecular complexity index is 210. The first-order valence-electron chi connectivity index (χ1n) is 6.33. The standard InChI is InChI=1S/C13H25NO2/c1-12(2)14(8-9-16-3)10-13(11-15)6-4-5-7-13/h11-12H,4-10H2,1-3H3. The molecule has 1 aliphatic rings. The molecular weight excluding hydrogens is 202 g/mol. The van der Waals surface area contributed by atoms with E-state index in [0.29, 0.717) is 6.04 Å². The van der Waals surface area contributed by atoms with Crippen molar-refractivity contribution in [2.75, 3.05) is 26.8 Å². The van der Waals surface area contributed by atoms with E-state index in [9.17, 15) is 4.79 Å². The molecule has 1 rings (SSSR count). The minimum atomic E-state index is -0.0714. The van der Waals surface area contributed by atoms with Crippen LogP contribution in [-0.4, -0.2) is 44.0 Å². The zero-order valence-electron chi connectivity index (χ0n) is 10.9. The Morgan fingerprint density at radius 3 is 2.44 bits per heavy atom. The van der Waals surface area contributed by atoms with E-state index in [4.69, 9.17) is 4.74 Å². The molecule has 16 heavy (non-hydrogen) atoms. The molecule has 0 aromatic carbocycles. The fourth-order valence-electron chi connectivity index (χ4n) is 2.53. The quantitative estimate of drug-likeness (QED) is 0.624. The molecule has 0 heterocycles. The average molecular weight is 227 g/mol. The lowest BCUT2D eigenvalue weighted by Gasteiger charge is -2.33. The molecule has 0 spiro atoms. The molecule has 0 saturated heterocycles. The van der Waals surface area contributed by atoms with Gasteiger partial charge in [-0.1, -0.05) is 12.8 Å². The van der Waals surface area contributed by atoms with Gasteiger partial charge in [0.25, 0.3) is 0 Å². The van der Waals surface area contributed by atoms with Crippen molar-refractivity contribution in [2.24, 2.45) is 5.41 Å². The van der Waals surface area contributed by atoms with Crippen LogP contribution in [0.5, 0.6) is 0 Å². The van der Waals surface area contributed by atoms with Gasteiger partial charge >= 0.3 is 0 Å². The van der Waals surface area contributed by atoms with E-state index in [2.05, 4.69) is 18.7 Å². The van der Waals surface area contributed by atoms with Crippen molar-refractivity contribution in [2.45, 2.75) is 45.6 Å². The van der Waals surface area contributed by atoms with Crippen LogP contribution in [0, 0.1) is 5.41 Å². The summed E-state index contributed by atoms with van der Waals surface area (Å²) in [5.74, 6) is 0. The van der Waals surface area contributed by atoms with Crippen LogP contribution in [0.4, 0.5) is 0 Å². The number of hydrogen-bond donors (Lipinski definition) is 0. The minimum Gasteiger partial charge on any atom is -0.383 e. The first-order chi connectivity index (χ1) is 7.63. The van der Waals surface area contributed by atoms with Crippen LogP contribution in [0.25, 0.3) is 0 Å². The maximum atomic E-state index is 11.3. The van der Waals surface area contributed by atoms with E-state index < -0.39 is 0 Å². The highest BCUT2D eigenvalue weighted by atomic mass is 16.5. The van der Waals surface area contributed by atoms with Gasteiger partial charge in [-0.3, -0.25) is 4.90 Å². The summed E-state index contributed by atoms with van der Waals surface area (Å²) in [6.07, 6.45) is 5.73. The highest BCUT2D eigenvalue weighted by Crippen LogP contribution is 2.37. The lowest BCUT2D eigenvalue weighted by Crippen LogP contribution is -2.42. The van der Waals surface area contributed by atoms with Gasteiger partial charge in [0.05, 0.1) is 6.61 Å². The first kappa shape index (κ1) is 13.7. The summed E-state index contributed by atoms with van der Waals surface area (Å²) in [5.41, 5.74) is -0.0714. The zero-order chi connectivity index (χ0) is 12.0. The molecular formula is C13H25NO2. The molecule has 0 aliphatic heterocycles. The normalized spacial score (nSPS) is 19.6. The second-order valence-corrected chi connectivity index (χ2v) is 5.24. The van der Waals surface area contributed by atoms with Gasteiger partial charge in [0.1, 0.15) is 6.29 Å². The largest absolute Gasteiger partial charge is 0.383 e. The van der Waals surface area contributed by atoms with Crippen molar-refractivity contribution in [3.05, 3.63) is 0 Å². The molecule has 1 aliphatic carbocycles. The monoisotopic (exact) mass is 227 g/mol. The van der Waals surface area contributed by atoms with Crippen molar-refractivity contribution < 1.29 is 9.53 Å². The third kappa shape index (κ3) is 3.56. The highest BCUT2D eigenvalue weighted by Gasteiger charge is 2.35. The van der Waals surface area contributed by atoms with Crippen LogP contribution in [0.3, 0.4) is 0 Å². The molecule has 0 bridgehead atoms. The number of carbonyl (C=O) groups is 1. The van der Waals surface area contributed by atoms with Crippen molar-refractivity contribution in [1.29, 1.82) is 0 Å². The number of hydrogen-bond acceptors (Lipinski definition) is 3. The molecule has 0 aromatic heterocycles. The Labute approximate surface area is 99.1 Å². The molecule has 3 nitrogen and oxygen atoms in total. The molecule has 0 radical (unpaired) electrons. The molecule has 0 unspecified atom stereocenters. The SMILES string of the molecule is COCCN(CC1(C=O)CCCC1)C(C)C. The number of rotatable bonds is 7. The number of carbonyl (C=O) groups excluding carboxylic acids is 1. The number of nitrogens with zero attached hydrogens (tertiary/aromatic N) is 1. The summed E-state index contributed by atoms with van der Waals surface area (Å²) in [6, 6.07) is 0.479. The fourth-order valence-corrected chi connectivity index (χ4v) is 2.53. The Kier molecular flexibility index (Phi) is 5.42. The van der Waals surface area contributed by atoms with Crippen LogP contribution < -0.4 is 0 Å². The van der Waals surface area contributed by atoms with Gasteiger partial charge in [-0.15, -0.1) is 0 Å². The summed E-state index contributed by atoms with van der Waals surface area (Å²) in [7, 11) is 1.73. The Morgan fingerprint density at radius 1 is 1.38 bits per heavy atom. The maximum absolute atomic E-state index is 11.3. The van der Waals surface area contributed by atoms with E-state index in [1.54, 1.807) is 7.11 Å². The highest BCUT2D eigenvalue weighted by molar-refractivity contribution is 5.60. The van der Waals surface area contributed by atoms with E-state index in [0.717, 1.165) is 32.5 Å². The van der Waals surface area contributed by atoms with Gasteiger partial charge in [-0.05, 0) is 26.7 Å². The average Bonchev–Trinajstić information content (AvgIpc) is 2.73. The van der Waals surface area contributed by atoms with Crippen molar-refractivity contribution in [3.63, 3.8) is 0 Å². The number of aldehydes is 1. The Hall–Kier alpha value is -0.410. The van der Waals surface area contributed by atoms with E-state index >= 15 is 0 Å². The van der Waals surface area contributed by atoms with Crippen molar-refractivity contribution >= 4 is 6.29 Å². The predicted octanol–water partition coefficient (Wildman–Crippen LogP) is 2.10. The minimum absolute atomic E-state index is 0.0714. The predicted molar refractivity (Wildman–Crippen MR) is 65.6 cm³/mol. The van der Waals surface area contributed by atoms with Gasteiger partial charge in [-0.25, -0.2) is 0 Å². The lowest BCUT2D eigenvalue weighted by molar-refractivity contribution is -0.117. The van der Waals surface area contributed by atoms with Crippen LogP contribution >= 0.6 is 0 Å². The molecule has 1 fully saturated rings. The molecule has 94 valence electrons. The molecule has 0 N–H and O–H groups in total. The summed E-state index contributed by atoms with van der Waals surface area (Å²) < 4.78 is 5.12. The molecule has 0 aromatic rings. The second kappa shape index (κ2) is 6.36. The summed E-state index contributed by atoms with van der Waals surface area (Å²) in [5, 5.41) is 0. The molecule has 0 atom stereocenters. The van der Waals surface area contributed by atoms with Gasteiger partial charge in [-0.2, -0.15) is 0 Å². The van der Waals surface area contributed by atoms with Crippen LogP contribution in [0.15, 0.2) is 0 Å². The van der Waals surface area contributed by atoms with E-state index in [-0.39, 0.29) is 5.41 Å². The Balaban J connectivity index is 2.54. The van der Waals surface area contributed by atoms with Crippen LogP contribution in [-0.2, 0) is 9.53 Å². The summed E-state index contributed by atoms with van der Waals surface area (Å²) >= 11 is 0. The number of methoxy groups -OCH3 is 1. The third-order valence-corrected chi connectivity index (χ3v) is 3.68. The van der Waals surface area contributed by atoms with Gasteiger partial charge in [0.2, 0.25) is 0 Å². The van der Waals surface area contributed by atoms with Crippen LogP contribution in [0.1, 0.15) is 39.5 Å². The van der Waals surface area contributed by atoms with E-state index in [1.165, 1.54) is 19.1 Å². The smallest absolute Gasteiger partial charge is 0.127 e. The first-order valence-corrected chi connectivity index (χ1v) is 6.33. The summed E-state index contributed by atoms with van der Waals surface area (Å²) in [6.45, 7) is 6.93. The third-order valence-electron chi connectivity index (χ3n) is 3.68. The number of ether oxygens (including phenoxy) is 1.